The number of hydrazine groups is 1. The first-order chi connectivity index (χ1) is 14.2. The third-order valence-electron chi connectivity index (χ3n) is 3.70. The Morgan fingerprint density at radius 1 is 1.23 bits per heavy atom. The van der Waals surface area contributed by atoms with Crippen molar-refractivity contribution < 1.29 is 26.8 Å². The SMILES string of the molecule is Cc1nc(CNS(=O)(=O)c2ccc(F)c(Cl)c2)oc1C(=O)NNC(=O)c1cccs1. The Hall–Kier alpha value is -2.80. The largest absolute Gasteiger partial charge is 0.434 e. The smallest absolute Gasteiger partial charge is 0.307 e. The van der Waals surface area contributed by atoms with Crippen molar-refractivity contribution in [1.82, 2.24) is 20.6 Å². The number of nitrogens with one attached hydrogen (secondary N) is 3. The van der Waals surface area contributed by atoms with E-state index < -0.39 is 27.7 Å². The fourth-order valence-electron chi connectivity index (χ4n) is 2.26. The number of rotatable bonds is 6. The monoisotopic (exact) mass is 472 g/mol. The van der Waals surface area contributed by atoms with E-state index in [1.54, 1.807) is 17.5 Å². The molecule has 0 unspecified atom stereocenters. The molecule has 2 heterocycles. The van der Waals surface area contributed by atoms with E-state index in [0.29, 0.717) is 4.88 Å². The lowest BCUT2D eigenvalue weighted by Crippen LogP contribution is -2.41. The zero-order chi connectivity index (χ0) is 21.9. The number of benzene rings is 1. The van der Waals surface area contributed by atoms with Crippen LogP contribution in [0.3, 0.4) is 0 Å². The maximum atomic E-state index is 13.2. The van der Waals surface area contributed by atoms with Gasteiger partial charge in [-0.05, 0) is 36.6 Å². The lowest BCUT2D eigenvalue weighted by molar-refractivity contribution is 0.0831. The molecular weight excluding hydrogens is 459 g/mol. The molecule has 0 saturated heterocycles. The normalized spacial score (nSPS) is 11.3. The summed E-state index contributed by atoms with van der Waals surface area (Å²) >= 11 is 6.81. The zero-order valence-electron chi connectivity index (χ0n) is 15.2. The van der Waals surface area contributed by atoms with Gasteiger partial charge in [0.25, 0.3) is 5.91 Å². The quantitative estimate of drug-likeness (QED) is 0.472. The summed E-state index contributed by atoms with van der Waals surface area (Å²) in [5.41, 5.74) is 4.62. The Kier molecular flexibility index (Phi) is 6.51. The first-order valence-corrected chi connectivity index (χ1v) is 11.0. The van der Waals surface area contributed by atoms with Crippen molar-refractivity contribution in [3.8, 4) is 0 Å². The molecule has 2 amide bonds. The Morgan fingerprint density at radius 3 is 2.63 bits per heavy atom. The number of halogens is 2. The van der Waals surface area contributed by atoms with Crippen LogP contribution in [-0.2, 0) is 16.6 Å². The highest BCUT2D eigenvalue weighted by molar-refractivity contribution is 7.89. The minimum Gasteiger partial charge on any atom is -0.434 e. The van der Waals surface area contributed by atoms with Gasteiger partial charge in [0.05, 0.1) is 27.0 Å². The maximum absolute atomic E-state index is 13.2. The number of aryl methyl sites for hydroxylation is 1. The van der Waals surface area contributed by atoms with Gasteiger partial charge >= 0.3 is 5.91 Å². The number of sulfonamides is 1. The van der Waals surface area contributed by atoms with Crippen molar-refractivity contribution in [1.29, 1.82) is 0 Å². The van der Waals surface area contributed by atoms with Crippen LogP contribution in [-0.4, -0.2) is 25.2 Å². The highest BCUT2D eigenvalue weighted by Gasteiger charge is 2.21. The summed E-state index contributed by atoms with van der Waals surface area (Å²) in [5, 5.41) is 1.37. The van der Waals surface area contributed by atoms with E-state index in [9.17, 15) is 22.4 Å². The summed E-state index contributed by atoms with van der Waals surface area (Å²) in [6.07, 6.45) is 0. The molecule has 0 radical (unpaired) electrons. The molecule has 13 heteroatoms. The van der Waals surface area contributed by atoms with Gasteiger partial charge < -0.3 is 4.42 Å². The van der Waals surface area contributed by atoms with E-state index in [0.717, 1.165) is 18.2 Å². The molecule has 0 spiro atoms. The van der Waals surface area contributed by atoms with Crippen molar-refractivity contribution in [2.75, 3.05) is 0 Å². The molecule has 0 saturated carbocycles. The number of carbonyl (C=O) groups excluding carboxylic acids is 2. The fraction of sp³-hybridized carbons (Fsp3) is 0.118. The summed E-state index contributed by atoms with van der Waals surface area (Å²) in [6, 6.07) is 6.23. The highest BCUT2D eigenvalue weighted by atomic mass is 35.5. The maximum Gasteiger partial charge on any atom is 0.307 e. The molecule has 9 nitrogen and oxygen atoms in total. The molecule has 1 aromatic carbocycles. The number of hydrogen-bond donors (Lipinski definition) is 3. The molecule has 2 aromatic heterocycles. The standard InChI is InChI=1S/C17H14ClFN4O5S2/c1-9-15(17(25)23-22-16(24)13-3-2-6-29-13)28-14(21-9)8-20-30(26,27)10-4-5-12(19)11(18)7-10/h2-7,20H,8H2,1H3,(H,22,24)(H,23,25). The van der Waals surface area contributed by atoms with E-state index in [2.05, 4.69) is 20.6 Å². The second kappa shape index (κ2) is 8.92. The first-order valence-electron chi connectivity index (χ1n) is 8.22. The van der Waals surface area contributed by atoms with Crippen LogP contribution in [0, 0.1) is 12.7 Å². The van der Waals surface area contributed by atoms with Crippen molar-refractivity contribution in [2.45, 2.75) is 18.4 Å². The Labute approximate surface area is 179 Å². The molecule has 158 valence electrons. The van der Waals surface area contributed by atoms with E-state index in [-0.39, 0.29) is 33.8 Å². The number of oxazole rings is 1. The zero-order valence-corrected chi connectivity index (χ0v) is 17.6. The van der Waals surface area contributed by atoms with Gasteiger partial charge in [-0.2, -0.15) is 0 Å². The minimum atomic E-state index is -4.03. The van der Waals surface area contributed by atoms with Gasteiger partial charge in [-0.1, -0.05) is 17.7 Å². The van der Waals surface area contributed by atoms with Gasteiger partial charge in [-0.15, -0.1) is 11.3 Å². The Morgan fingerprint density at radius 2 is 1.97 bits per heavy atom. The van der Waals surface area contributed by atoms with Gasteiger partial charge in [0.15, 0.2) is 0 Å². The summed E-state index contributed by atoms with van der Waals surface area (Å²) in [6.45, 7) is 1.12. The number of amides is 2. The van der Waals surface area contributed by atoms with E-state index in [1.165, 1.54) is 18.3 Å². The summed E-state index contributed by atoms with van der Waals surface area (Å²) in [5.74, 6) is -2.29. The van der Waals surface area contributed by atoms with Crippen LogP contribution < -0.4 is 15.6 Å². The lowest BCUT2D eigenvalue weighted by Gasteiger charge is -2.06. The number of carbonyl (C=O) groups is 2. The molecule has 0 atom stereocenters. The summed E-state index contributed by atoms with van der Waals surface area (Å²) in [7, 11) is -4.03. The molecule has 0 aliphatic rings. The Balaban J connectivity index is 1.63. The van der Waals surface area contributed by atoms with Crippen LogP contribution in [0.1, 0.15) is 31.8 Å². The topological polar surface area (TPSA) is 130 Å². The van der Waals surface area contributed by atoms with Gasteiger partial charge in [0.1, 0.15) is 5.82 Å². The average molecular weight is 473 g/mol. The number of thiophene rings is 1. The molecule has 3 aromatic rings. The molecular formula is C17H14ClFN4O5S2. The van der Waals surface area contributed by atoms with Gasteiger partial charge in [-0.3, -0.25) is 20.4 Å². The predicted molar refractivity (Wildman–Crippen MR) is 106 cm³/mol. The lowest BCUT2D eigenvalue weighted by atomic mass is 10.3. The van der Waals surface area contributed by atoms with E-state index >= 15 is 0 Å². The molecule has 0 aliphatic heterocycles. The number of nitrogens with zero attached hydrogens (tertiary/aromatic N) is 1. The van der Waals surface area contributed by atoms with Crippen LogP contribution in [0.15, 0.2) is 45.0 Å². The second-order valence-corrected chi connectivity index (χ2v) is 8.93. The number of aromatic nitrogens is 1. The molecule has 0 fully saturated rings. The summed E-state index contributed by atoms with van der Waals surface area (Å²) in [4.78, 5) is 28.2. The van der Waals surface area contributed by atoms with Crippen molar-refractivity contribution in [3.05, 3.63) is 68.8 Å². The van der Waals surface area contributed by atoms with Crippen LogP contribution in [0.4, 0.5) is 4.39 Å². The molecule has 0 aliphatic carbocycles. The summed E-state index contributed by atoms with van der Waals surface area (Å²) < 4.78 is 45.3. The highest BCUT2D eigenvalue weighted by Crippen LogP contribution is 2.19. The van der Waals surface area contributed by atoms with Crippen molar-refractivity contribution in [2.24, 2.45) is 0 Å². The molecule has 3 N–H and O–H groups in total. The van der Waals surface area contributed by atoms with Crippen LogP contribution in [0.25, 0.3) is 0 Å². The van der Waals surface area contributed by atoms with E-state index in [1.807, 2.05) is 0 Å². The van der Waals surface area contributed by atoms with Crippen molar-refractivity contribution in [3.63, 3.8) is 0 Å². The minimum absolute atomic E-state index is 0.0842. The van der Waals surface area contributed by atoms with Crippen LogP contribution >= 0.6 is 22.9 Å². The van der Waals surface area contributed by atoms with Gasteiger partial charge in [-0.25, -0.2) is 22.5 Å². The van der Waals surface area contributed by atoms with Crippen LogP contribution in [0.2, 0.25) is 5.02 Å². The van der Waals surface area contributed by atoms with Crippen LogP contribution in [0.5, 0.6) is 0 Å². The average Bonchev–Trinajstić information content (AvgIpc) is 3.36. The van der Waals surface area contributed by atoms with Gasteiger partial charge in [0.2, 0.25) is 21.7 Å². The molecule has 0 bridgehead atoms. The fourth-order valence-corrected chi connectivity index (χ4v) is 4.13. The third kappa shape index (κ3) is 5.02. The van der Waals surface area contributed by atoms with Gasteiger partial charge in [0, 0.05) is 0 Å². The van der Waals surface area contributed by atoms with Crippen molar-refractivity contribution >= 4 is 44.8 Å². The third-order valence-corrected chi connectivity index (χ3v) is 6.25. The molecule has 3 rings (SSSR count). The predicted octanol–water partition coefficient (Wildman–Crippen LogP) is 2.39. The number of hydrogen-bond acceptors (Lipinski definition) is 7. The van der Waals surface area contributed by atoms with E-state index in [4.69, 9.17) is 16.0 Å². The molecule has 30 heavy (non-hydrogen) atoms. The first kappa shape index (κ1) is 21.9. The second-order valence-electron chi connectivity index (χ2n) is 5.81. The Bertz CT molecular complexity index is 1190.